The molecule has 14 nitrogen and oxygen atoms in total. The zero-order valence-electron chi connectivity index (χ0n) is 27.3. The van der Waals surface area contributed by atoms with Crippen molar-refractivity contribution < 1.29 is 43.7 Å². The third-order valence-electron chi connectivity index (χ3n) is 5.94. The number of amides is 5. The monoisotopic (exact) mass is 673 g/mol. The Bertz CT molecular complexity index is 1480. The molecular weight excluding hydrogens is 634 g/mol. The van der Waals surface area contributed by atoms with Crippen molar-refractivity contribution in [3.05, 3.63) is 53.6 Å². The molecule has 0 saturated heterocycles. The van der Waals surface area contributed by atoms with Crippen LogP contribution in [0.15, 0.2) is 42.5 Å². The van der Waals surface area contributed by atoms with Gasteiger partial charge in [-0.05, 0) is 89.6 Å². The van der Waals surface area contributed by atoms with Gasteiger partial charge in [-0.2, -0.15) is 5.26 Å². The summed E-state index contributed by atoms with van der Waals surface area (Å²) in [6.07, 6.45) is -6.51. The Morgan fingerprint density at radius 3 is 1.87 bits per heavy atom. The van der Waals surface area contributed by atoms with Crippen LogP contribution in [-0.2, 0) is 30.4 Å². The molecule has 0 bridgehead atoms. The van der Waals surface area contributed by atoms with Gasteiger partial charge in [0.2, 0.25) is 5.91 Å². The quantitative estimate of drug-likeness (QED) is 0.266. The lowest BCUT2D eigenvalue weighted by atomic mass is 10.1. The molecule has 15 heteroatoms. The predicted molar refractivity (Wildman–Crippen MR) is 174 cm³/mol. The molecule has 2 rings (SSSR count). The molecule has 0 aliphatic carbocycles. The first-order chi connectivity index (χ1) is 21.8. The summed E-state index contributed by atoms with van der Waals surface area (Å²) in [5, 5.41) is 35.9. The largest absolute Gasteiger partial charge is 0.443 e. The lowest BCUT2D eigenvalue weighted by Gasteiger charge is -2.29. The average Bonchev–Trinajstić information content (AvgIpc) is 2.96. The number of nitriles is 1. The normalized spacial score (nSPS) is 12.5. The maximum Gasteiger partial charge on any atom is 0.420 e. The van der Waals surface area contributed by atoms with Crippen LogP contribution < -0.4 is 15.5 Å². The number of ether oxygens (including phenoxy) is 2. The fourth-order valence-corrected chi connectivity index (χ4v) is 4.12. The number of rotatable bonds is 10. The minimum Gasteiger partial charge on any atom is -0.443 e. The van der Waals surface area contributed by atoms with Gasteiger partial charge in [0, 0.05) is 36.4 Å². The zero-order valence-corrected chi connectivity index (χ0v) is 28.0. The van der Waals surface area contributed by atoms with E-state index in [0.717, 1.165) is 4.90 Å². The van der Waals surface area contributed by atoms with E-state index in [1.807, 2.05) is 6.07 Å². The maximum atomic E-state index is 13.2. The molecular formula is C32H40ClN5O9. The lowest BCUT2D eigenvalue weighted by Crippen LogP contribution is -2.50. The maximum absolute atomic E-state index is 13.2. The van der Waals surface area contributed by atoms with Gasteiger partial charge >= 0.3 is 12.2 Å². The van der Waals surface area contributed by atoms with Crippen molar-refractivity contribution in [1.82, 2.24) is 4.90 Å². The molecule has 0 saturated carbocycles. The number of hydrogen-bond donors (Lipinski definition) is 4. The molecule has 2 aromatic rings. The minimum absolute atomic E-state index is 0.0159. The lowest BCUT2D eigenvalue weighted by molar-refractivity contribution is -0.141. The number of aliphatic hydroxyl groups excluding tert-OH is 2. The van der Waals surface area contributed by atoms with E-state index >= 15 is 0 Å². The number of carbonyl (C=O) groups excluding carboxylic acids is 5. The van der Waals surface area contributed by atoms with E-state index in [-0.39, 0.29) is 40.8 Å². The highest BCUT2D eigenvalue weighted by atomic mass is 35.5. The van der Waals surface area contributed by atoms with E-state index in [4.69, 9.17) is 21.1 Å². The fourth-order valence-electron chi connectivity index (χ4n) is 3.95. The number of halogens is 1. The summed E-state index contributed by atoms with van der Waals surface area (Å²) in [5.74, 6) is -2.52. The molecule has 2 atom stereocenters. The highest BCUT2D eigenvalue weighted by Gasteiger charge is 2.35. The van der Waals surface area contributed by atoms with Gasteiger partial charge in [-0.3, -0.25) is 14.4 Å². The molecule has 5 amide bonds. The van der Waals surface area contributed by atoms with Crippen LogP contribution in [0, 0.1) is 11.3 Å². The van der Waals surface area contributed by atoms with Crippen LogP contribution >= 0.6 is 11.6 Å². The van der Waals surface area contributed by atoms with Crippen molar-refractivity contribution in [3.8, 4) is 6.07 Å². The number of anilines is 3. The molecule has 2 aromatic carbocycles. The number of benzene rings is 2. The molecule has 4 N–H and O–H groups in total. The van der Waals surface area contributed by atoms with Crippen molar-refractivity contribution in [2.24, 2.45) is 0 Å². The van der Waals surface area contributed by atoms with Crippen molar-refractivity contribution in [3.63, 3.8) is 0 Å². The van der Waals surface area contributed by atoms with Gasteiger partial charge in [0.15, 0.2) is 12.2 Å². The van der Waals surface area contributed by atoms with Crippen molar-refractivity contribution >= 4 is 58.6 Å². The van der Waals surface area contributed by atoms with Gasteiger partial charge in [-0.15, -0.1) is 11.6 Å². The summed E-state index contributed by atoms with van der Waals surface area (Å²) in [5.41, 5.74) is -0.998. The Kier molecular flexibility index (Phi) is 13.3. The number of aliphatic hydroxyl groups is 2. The number of carbonyl (C=O) groups is 5. The third kappa shape index (κ3) is 11.9. The van der Waals surface area contributed by atoms with E-state index in [0.29, 0.717) is 10.6 Å². The van der Waals surface area contributed by atoms with Gasteiger partial charge in [0.25, 0.3) is 11.8 Å². The van der Waals surface area contributed by atoms with Crippen molar-refractivity contribution in [2.75, 3.05) is 28.0 Å². The molecule has 47 heavy (non-hydrogen) atoms. The second-order valence-electron chi connectivity index (χ2n) is 12.3. The van der Waals surface area contributed by atoms with Gasteiger partial charge in [0.1, 0.15) is 11.2 Å². The topological polar surface area (TPSA) is 199 Å². The Labute approximate surface area is 278 Å². The number of imide groups is 1. The van der Waals surface area contributed by atoms with Crippen LogP contribution in [0.4, 0.5) is 26.7 Å². The smallest absolute Gasteiger partial charge is 0.420 e. The summed E-state index contributed by atoms with van der Waals surface area (Å²) in [6.45, 7) is 10.4. The van der Waals surface area contributed by atoms with E-state index in [1.54, 1.807) is 41.5 Å². The Balaban J connectivity index is 2.30. The van der Waals surface area contributed by atoms with Crippen LogP contribution in [0.25, 0.3) is 0 Å². The second-order valence-corrected chi connectivity index (χ2v) is 12.7. The Morgan fingerprint density at radius 1 is 0.872 bits per heavy atom. The molecule has 0 fully saturated rings. The molecule has 0 radical (unpaired) electrons. The first-order valence-electron chi connectivity index (χ1n) is 14.4. The predicted octanol–water partition coefficient (Wildman–Crippen LogP) is 4.12. The molecule has 254 valence electrons. The van der Waals surface area contributed by atoms with E-state index in [2.05, 4.69) is 10.6 Å². The summed E-state index contributed by atoms with van der Waals surface area (Å²) in [7, 11) is 0. The van der Waals surface area contributed by atoms with Crippen LogP contribution in [0.2, 0.25) is 0 Å². The molecule has 0 spiro atoms. The number of hydrogen-bond acceptors (Lipinski definition) is 10. The molecule has 0 heterocycles. The number of nitrogens with one attached hydrogen (secondary N) is 2. The molecule has 0 aromatic heterocycles. The highest BCUT2D eigenvalue weighted by Crippen LogP contribution is 2.23. The van der Waals surface area contributed by atoms with Crippen LogP contribution in [0.1, 0.15) is 59.6 Å². The van der Waals surface area contributed by atoms with Gasteiger partial charge < -0.3 is 35.2 Å². The fraction of sp³-hybridized carbons (Fsp3) is 0.438. The van der Waals surface area contributed by atoms with Crippen LogP contribution in [0.5, 0.6) is 0 Å². The Morgan fingerprint density at radius 2 is 1.40 bits per heavy atom. The van der Waals surface area contributed by atoms with E-state index < -0.39 is 54.0 Å². The number of alkyl halides is 1. The van der Waals surface area contributed by atoms with E-state index in [9.17, 15) is 39.4 Å². The third-order valence-corrected chi connectivity index (χ3v) is 6.11. The van der Waals surface area contributed by atoms with Crippen molar-refractivity contribution in [2.45, 2.75) is 78.4 Å². The van der Waals surface area contributed by atoms with Gasteiger partial charge in [-0.1, -0.05) is 0 Å². The zero-order chi connectivity index (χ0) is 35.7. The minimum atomic E-state index is -2.24. The molecule has 0 aliphatic rings. The van der Waals surface area contributed by atoms with Crippen molar-refractivity contribution in [1.29, 1.82) is 5.26 Å². The first-order valence-corrected chi connectivity index (χ1v) is 15.0. The molecule has 0 aliphatic heterocycles. The SMILES string of the molecule is CC(=O)Nc1ccc(N(CCCl)C(=O)[C@H](O)[C@@H](O)C(=O)Nc2ccc(C#N)c(CN(C(=O)OC(C)(C)C)C(=O)OC(C)(C)C)c2)cc1. The summed E-state index contributed by atoms with van der Waals surface area (Å²) >= 11 is 5.86. The average molecular weight is 674 g/mol. The highest BCUT2D eigenvalue weighted by molar-refractivity contribution is 6.18. The van der Waals surface area contributed by atoms with Gasteiger partial charge in [0.05, 0.1) is 18.2 Å². The van der Waals surface area contributed by atoms with Gasteiger partial charge in [-0.25, -0.2) is 14.5 Å². The van der Waals surface area contributed by atoms with Crippen LogP contribution in [0.3, 0.4) is 0 Å². The van der Waals surface area contributed by atoms with E-state index in [1.165, 1.54) is 49.4 Å². The summed E-state index contributed by atoms with van der Waals surface area (Å²) in [6, 6.07) is 11.9. The first kappa shape index (κ1) is 38.5. The van der Waals surface area contributed by atoms with Crippen LogP contribution in [-0.4, -0.2) is 80.9 Å². The molecule has 0 unspecified atom stereocenters. The Hall–Kier alpha value is -4.71. The number of nitrogens with zero attached hydrogens (tertiary/aromatic N) is 3. The summed E-state index contributed by atoms with van der Waals surface area (Å²) < 4.78 is 10.7. The summed E-state index contributed by atoms with van der Waals surface area (Å²) in [4.78, 5) is 65.1. The second kappa shape index (κ2) is 16.2. The standard InChI is InChI=1S/C32H40ClN5O9/c1-19(39)35-22-10-12-24(13-11-22)37(15-14-33)28(43)26(41)25(40)27(42)36-23-9-8-20(17-34)21(16-23)18-38(29(44)46-31(2,3)4)30(45)47-32(5,6)7/h8-13,16,25-26,40-41H,14-15,18H2,1-7H3,(H,35,39)(H,36,42)/t25-,26-/m1/s1.